The Kier molecular flexibility index (Phi) is 4.85. The van der Waals surface area contributed by atoms with Gasteiger partial charge in [-0.05, 0) is 42.0 Å². The third-order valence-electron chi connectivity index (χ3n) is 4.62. The number of carbonyl (C=O) groups is 2. The smallest absolute Gasteiger partial charge is 0.301 e. The molecule has 3 aromatic rings. The first-order valence-electron chi connectivity index (χ1n) is 8.61. The van der Waals surface area contributed by atoms with Crippen LogP contribution in [-0.2, 0) is 9.59 Å². The number of anilines is 1. The molecule has 1 amide bonds. The number of rotatable bonds is 4. The van der Waals surface area contributed by atoms with Crippen LogP contribution in [-0.4, -0.2) is 28.9 Å². The number of ketones is 1. The summed E-state index contributed by atoms with van der Waals surface area (Å²) in [5.74, 6) is -1.86. The molecule has 1 atom stereocenters. The number of hydrogen-bond acceptors (Lipinski definition) is 6. The van der Waals surface area contributed by atoms with Crippen molar-refractivity contribution in [3.63, 3.8) is 0 Å². The molecule has 1 aliphatic rings. The van der Waals surface area contributed by atoms with Crippen molar-refractivity contribution in [1.29, 1.82) is 0 Å². The van der Waals surface area contributed by atoms with Crippen LogP contribution in [0.15, 0.2) is 65.7 Å². The number of carbonyl (C=O) groups excluding carboxylic acids is 2. The fourth-order valence-electron chi connectivity index (χ4n) is 3.23. The fraction of sp³-hybridized carbons (Fsp3) is 0.0952. The Hall–Kier alpha value is -3.52. The van der Waals surface area contributed by atoms with Crippen LogP contribution in [0.2, 0.25) is 0 Å². The number of halogens is 1. The third kappa shape index (κ3) is 3.27. The zero-order valence-corrected chi connectivity index (χ0v) is 16.0. The Morgan fingerprint density at radius 1 is 1.14 bits per heavy atom. The minimum Gasteiger partial charge on any atom is -0.507 e. The lowest BCUT2D eigenvalue weighted by Crippen LogP contribution is -2.29. The lowest BCUT2D eigenvalue weighted by atomic mass is 9.95. The van der Waals surface area contributed by atoms with Crippen molar-refractivity contribution >= 4 is 33.9 Å². The second-order valence-electron chi connectivity index (χ2n) is 6.26. The molecule has 2 aromatic carbocycles. The Morgan fingerprint density at radius 3 is 2.41 bits per heavy atom. The van der Waals surface area contributed by atoms with Gasteiger partial charge in [0.2, 0.25) is 0 Å². The summed E-state index contributed by atoms with van der Waals surface area (Å²) in [5.41, 5.74) is 0.757. The quantitative estimate of drug-likeness (QED) is 0.401. The minimum absolute atomic E-state index is 0.0815. The summed E-state index contributed by atoms with van der Waals surface area (Å²) in [5, 5.41) is 12.9. The van der Waals surface area contributed by atoms with Gasteiger partial charge in [-0.15, -0.1) is 11.3 Å². The molecule has 0 spiro atoms. The van der Waals surface area contributed by atoms with E-state index in [1.807, 2.05) is 0 Å². The number of ether oxygens (including phenoxy) is 1. The average Bonchev–Trinajstić information content (AvgIpc) is 3.35. The number of thiazole rings is 1. The molecule has 0 radical (unpaired) electrons. The predicted molar refractivity (Wildman–Crippen MR) is 106 cm³/mol. The maximum atomic E-state index is 13.3. The third-order valence-corrected chi connectivity index (χ3v) is 5.39. The summed E-state index contributed by atoms with van der Waals surface area (Å²) in [6.07, 6.45) is 1.53. The molecule has 8 heteroatoms. The monoisotopic (exact) mass is 410 g/mol. The normalized spacial score (nSPS) is 18.3. The number of benzene rings is 2. The van der Waals surface area contributed by atoms with Gasteiger partial charge in [0.15, 0.2) is 5.13 Å². The first-order valence-corrected chi connectivity index (χ1v) is 9.49. The van der Waals surface area contributed by atoms with Crippen molar-refractivity contribution in [2.75, 3.05) is 12.0 Å². The maximum absolute atomic E-state index is 13.3. The Bertz CT molecular complexity index is 1090. The lowest BCUT2D eigenvalue weighted by molar-refractivity contribution is -0.132. The molecule has 4 rings (SSSR count). The zero-order valence-electron chi connectivity index (χ0n) is 15.2. The fourth-order valence-corrected chi connectivity index (χ4v) is 3.90. The second kappa shape index (κ2) is 7.48. The van der Waals surface area contributed by atoms with Gasteiger partial charge in [0.25, 0.3) is 5.78 Å². The van der Waals surface area contributed by atoms with Crippen molar-refractivity contribution in [3.8, 4) is 5.75 Å². The second-order valence-corrected chi connectivity index (χ2v) is 7.14. The van der Waals surface area contributed by atoms with E-state index < -0.39 is 23.5 Å². The Balaban J connectivity index is 1.91. The number of hydrogen-bond donors (Lipinski definition) is 1. The van der Waals surface area contributed by atoms with E-state index in [0.29, 0.717) is 16.4 Å². The molecule has 1 N–H and O–H groups in total. The van der Waals surface area contributed by atoms with Gasteiger partial charge in [-0.1, -0.05) is 12.1 Å². The van der Waals surface area contributed by atoms with Crippen LogP contribution in [0.3, 0.4) is 0 Å². The van der Waals surface area contributed by atoms with E-state index in [4.69, 9.17) is 4.74 Å². The van der Waals surface area contributed by atoms with Gasteiger partial charge >= 0.3 is 5.91 Å². The molecule has 146 valence electrons. The standard InChI is InChI=1S/C21H15FN2O4S/c1-28-15-8-4-12(5-9-15)17-16(18(25)13-2-6-14(22)7-3-13)19(26)20(27)24(17)21-23-10-11-29-21/h2-11,17,25H,1H3/b18-16-. The SMILES string of the molecule is COc1ccc(C2/C(=C(/O)c3ccc(F)cc3)C(=O)C(=O)N2c2nccs2)cc1. The number of aromatic nitrogens is 1. The molecule has 0 saturated carbocycles. The summed E-state index contributed by atoms with van der Waals surface area (Å²) in [6, 6.07) is 11.0. The van der Waals surface area contributed by atoms with Crippen molar-refractivity contribution in [2.24, 2.45) is 0 Å². The highest BCUT2D eigenvalue weighted by atomic mass is 32.1. The van der Waals surface area contributed by atoms with E-state index in [0.717, 1.165) is 0 Å². The first kappa shape index (κ1) is 18.8. The molecule has 1 fully saturated rings. The Morgan fingerprint density at radius 2 is 1.83 bits per heavy atom. The van der Waals surface area contributed by atoms with Crippen LogP contribution in [0, 0.1) is 5.82 Å². The van der Waals surface area contributed by atoms with Crippen LogP contribution in [0.4, 0.5) is 9.52 Å². The number of nitrogens with zero attached hydrogens (tertiary/aromatic N) is 2. The summed E-state index contributed by atoms with van der Waals surface area (Å²) in [7, 11) is 1.53. The first-order chi connectivity index (χ1) is 14.0. The molecule has 1 unspecified atom stereocenters. The van der Waals surface area contributed by atoms with E-state index in [-0.39, 0.29) is 16.9 Å². The van der Waals surface area contributed by atoms with Crippen molar-refractivity contribution in [1.82, 2.24) is 4.98 Å². The maximum Gasteiger partial charge on any atom is 0.301 e. The van der Waals surface area contributed by atoms with Gasteiger partial charge in [0.1, 0.15) is 17.3 Å². The summed E-state index contributed by atoms with van der Waals surface area (Å²) in [4.78, 5) is 31.1. The van der Waals surface area contributed by atoms with Crippen LogP contribution in [0.5, 0.6) is 5.75 Å². The summed E-state index contributed by atoms with van der Waals surface area (Å²) < 4.78 is 18.5. The number of Topliss-reactive ketones (excluding diaryl/α,β-unsaturated/α-hetero) is 1. The highest BCUT2D eigenvalue weighted by Gasteiger charge is 2.47. The zero-order chi connectivity index (χ0) is 20.5. The van der Waals surface area contributed by atoms with E-state index in [2.05, 4.69) is 4.98 Å². The molecule has 1 saturated heterocycles. The molecule has 0 aliphatic carbocycles. The van der Waals surface area contributed by atoms with Crippen LogP contribution < -0.4 is 9.64 Å². The highest BCUT2D eigenvalue weighted by molar-refractivity contribution is 7.14. The van der Waals surface area contributed by atoms with Gasteiger partial charge in [0, 0.05) is 17.1 Å². The number of methoxy groups -OCH3 is 1. The van der Waals surface area contributed by atoms with Crippen molar-refractivity contribution < 1.29 is 23.8 Å². The molecule has 2 heterocycles. The summed E-state index contributed by atoms with van der Waals surface area (Å²) >= 11 is 1.21. The summed E-state index contributed by atoms with van der Waals surface area (Å²) in [6.45, 7) is 0. The van der Waals surface area contributed by atoms with Crippen LogP contribution in [0.1, 0.15) is 17.2 Å². The molecular formula is C21H15FN2O4S. The van der Waals surface area contributed by atoms with E-state index in [9.17, 15) is 19.1 Å². The molecule has 6 nitrogen and oxygen atoms in total. The predicted octanol–water partition coefficient (Wildman–Crippen LogP) is 3.92. The largest absolute Gasteiger partial charge is 0.507 e. The van der Waals surface area contributed by atoms with E-state index in [1.165, 1.54) is 53.8 Å². The number of aliphatic hydroxyl groups is 1. The van der Waals surface area contributed by atoms with E-state index >= 15 is 0 Å². The topological polar surface area (TPSA) is 79.7 Å². The molecule has 1 aliphatic heterocycles. The average molecular weight is 410 g/mol. The van der Waals surface area contributed by atoms with Crippen LogP contribution in [0.25, 0.3) is 5.76 Å². The van der Waals surface area contributed by atoms with Gasteiger partial charge in [-0.25, -0.2) is 9.37 Å². The molecule has 0 bridgehead atoms. The van der Waals surface area contributed by atoms with Gasteiger partial charge in [-0.2, -0.15) is 0 Å². The van der Waals surface area contributed by atoms with Gasteiger partial charge < -0.3 is 9.84 Å². The lowest BCUT2D eigenvalue weighted by Gasteiger charge is -2.23. The highest BCUT2D eigenvalue weighted by Crippen LogP contribution is 2.42. The van der Waals surface area contributed by atoms with Crippen molar-refractivity contribution in [2.45, 2.75) is 6.04 Å². The molecular weight excluding hydrogens is 395 g/mol. The van der Waals surface area contributed by atoms with Gasteiger partial charge in [-0.3, -0.25) is 14.5 Å². The van der Waals surface area contributed by atoms with Gasteiger partial charge in [0.05, 0.1) is 18.7 Å². The number of aliphatic hydroxyl groups excluding tert-OH is 1. The van der Waals surface area contributed by atoms with E-state index in [1.54, 1.807) is 29.6 Å². The molecule has 1 aromatic heterocycles. The minimum atomic E-state index is -0.878. The molecule has 29 heavy (non-hydrogen) atoms. The Labute approximate surface area is 169 Å². The van der Waals surface area contributed by atoms with Crippen LogP contribution >= 0.6 is 11.3 Å². The number of amides is 1. The van der Waals surface area contributed by atoms with Crippen molar-refractivity contribution in [3.05, 3.63) is 82.6 Å².